The highest BCUT2D eigenvalue weighted by atomic mass is 35.5. The van der Waals surface area contributed by atoms with Gasteiger partial charge in [0.2, 0.25) is 23.1 Å². The minimum Gasteiger partial charge on any atom is -0.370 e. The van der Waals surface area contributed by atoms with Gasteiger partial charge >= 0.3 is 0 Å². The molecule has 1 aromatic rings. The zero-order chi connectivity index (χ0) is 14.5. The molecule has 1 aliphatic rings. The van der Waals surface area contributed by atoms with E-state index in [1.54, 1.807) is 0 Å². The number of hydrogen-bond donors (Lipinski definition) is 2. The summed E-state index contributed by atoms with van der Waals surface area (Å²) in [5.41, 5.74) is 5.16. The Balaban J connectivity index is 2.09. The molecule has 0 aromatic carbocycles. The van der Waals surface area contributed by atoms with Crippen molar-refractivity contribution in [2.24, 2.45) is 5.73 Å². The lowest BCUT2D eigenvalue weighted by molar-refractivity contribution is -0.118. The number of carbonyl (C=O) groups excluding carboxylic acids is 1. The zero-order valence-electron chi connectivity index (χ0n) is 11.5. The molecule has 8 heteroatoms. The quantitative estimate of drug-likeness (QED) is 0.847. The lowest BCUT2D eigenvalue weighted by atomic mass is 10.1. The molecule has 0 aliphatic carbocycles. The molecule has 1 saturated heterocycles. The predicted octanol–water partition coefficient (Wildman–Crippen LogP) is 1.19. The van der Waals surface area contributed by atoms with E-state index in [1.165, 1.54) is 6.42 Å². The Morgan fingerprint density at radius 1 is 1.35 bits per heavy atom. The van der Waals surface area contributed by atoms with Crippen LogP contribution < -0.4 is 16.0 Å². The molecular weight excluding hydrogens is 280 g/mol. The van der Waals surface area contributed by atoms with Crippen molar-refractivity contribution >= 4 is 29.4 Å². The van der Waals surface area contributed by atoms with Gasteiger partial charge in [-0.3, -0.25) is 4.79 Å². The van der Waals surface area contributed by atoms with E-state index in [-0.39, 0.29) is 23.7 Å². The van der Waals surface area contributed by atoms with Crippen LogP contribution >= 0.6 is 11.6 Å². The number of piperidine rings is 1. The van der Waals surface area contributed by atoms with Crippen molar-refractivity contribution in [3.63, 3.8) is 0 Å². The Morgan fingerprint density at radius 2 is 2.05 bits per heavy atom. The number of anilines is 2. The van der Waals surface area contributed by atoms with Crippen LogP contribution in [-0.4, -0.2) is 40.0 Å². The molecule has 0 saturated carbocycles. The third-order valence-corrected chi connectivity index (χ3v) is 3.29. The van der Waals surface area contributed by atoms with Crippen LogP contribution in [0.5, 0.6) is 0 Å². The fourth-order valence-electron chi connectivity index (χ4n) is 2.21. The van der Waals surface area contributed by atoms with Crippen LogP contribution in [0, 0.1) is 0 Å². The maximum atomic E-state index is 10.9. The van der Waals surface area contributed by atoms with Gasteiger partial charge in [0.15, 0.2) is 0 Å². The maximum absolute atomic E-state index is 10.9. The molecule has 0 bridgehead atoms. The van der Waals surface area contributed by atoms with Crippen molar-refractivity contribution in [1.29, 1.82) is 0 Å². The fraction of sp³-hybridized carbons (Fsp3) is 0.667. The monoisotopic (exact) mass is 298 g/mol. The van der Waals surface area contributed by atoms with E-state index in [1.807, 2.05) is 6.92 Å². The number of nitrogens with two attached hydrogens (primary N) is 1. The molecule has 1 fully saturated rings. The Hall–Kier alpha value is -1.63. The van der Waals surface area contributed by atoms with Gasteiger partial charge in [-0.05, 0) is 37.8 Å². The second-order valence-electron chi connectivity index (χ2n) is 4.99. The van der Waals surface area contributed by atoms with Gasteiger partial charge in [0.05, 0.1) is 0 Å². The summed E-state index contributed by atoms with van der Waals surface area (Å²) in [7, 11) is 0. The molecule has 7 nitrogen and oxygen atoms in total. The number of halogens is 1. The van der Waals surface area contributed by atoms with Crippen molar-refractivity contribution in [2.75, 3.05) is 23.3 Å². The Bertz CT molecular complexity index is 477. The second kappa shape index (κ2) is 6.69. The number of nitrogens with one attached hydrogen (secondary N) is 1. The number of nitrogens with zero attached hydrogens (tertiary/aromatic N) is 4. The molecule has 0 spiro atoms. The molecule has 110 valence electrons. The second-order valence-corrected chi connectivity index (χ2v) is 5.33. The minimum absolute atomic E-state index is 0.148. The smallest absolute Gasteiger partial charge is 0.231 e. The first kappa shape index (κ1) is 14.8. The highest BCUT2D eigenvalue weighted by Gasteiger charge is 2.16. The van der Waals surface area contributed by atoms with Crippen molar-refractivity contribution in [2.45, 2.75) is 38.6 Å². The molecule has 1 unspecified atom stereocenters. The molecule has 0 radical (unpaired) electrons. The van der Waals surface area contributed by atoms with Crippen LogP contribution in [0.4, 0.5) is 11.9 Å². The molecule has 2 rings (SSSR count). The van der Waals surface area contributed by atoms with Crippen molar-refractivity contribution in [1.82, 2.24) is 15.0 Å². The Kier molecular flexibility index (Phi) is 4.94. The highest BCUT2D eigenvalue weighted by Crippen LogP contribution is 2.18. The summed E-state index contributed by atoms with van der Waals surface area (Å²) in [6.45, 7) is 3.69. The van der Waals surface area contributed by atoms with E-state index in [0.717, 1.165) is 25.9 Å². The number of primary amides is 1. The van der Waals surface area contributed by atoms with E-state index in [9.17, 15) is 4.79 Å². The summed E-state index contributed by atoms with van der Waals surface area (Å²) in [5.74, 6) is 0.583. The fourth-order valence-corrected chi connectivity index (χ4v) is 2.37. The maximum Gasteiger partial charge on any atom is 0.231 e. The van der Waals surface area contributed by atoms with Gasteiger partial charge in [-0.15, -0.1) is 0 Å². The first-order valence-corrected chi connectivity index (χ1v) is 7.14. The van der Waals surface area contributed by atoms with Gasteiger partial charge < -0.3 is 16.0 Å². The third kappa shape index (κ3) is 4.19. The van der Waals surface area contributed by atoms with Crippen LogP contribution in [0.15, 0.2) is 0 Å². The van der Waals surface area contributed by atoms with Crippen LogP contribution in [0.25, 0.3) is 0 Å². The summed E-state index contributed by atoms with van der Waals surface area (Å²) in [6, 6.07) is -0.153. The van der Waals surface area contributed by atoms with E-state index < -0.39 is 0 Å². The average molecular weight is 299 g/mol. The van der Waals surface area contributed by atoms with E-state index in [2.05, 4.69) is 25.2 Å². The predicted molar refractivity (Wildman–Crippen MR) is 77.8 cm³/mol. The molecule has 1 aliphatic heterocycles. The topological polar surface area (TPSA) is 97.0 Å². The van der Waals surface area contributed by atoms with E-state index in [0.29, 0.717) is 11.9 Å². The number of rotatable bonds is 5. The van der Waals surface area contributed by atoms with Crippen LogP contribution in [0.3, 0.4) is 0 Å². The van der Waals surface area contributed by atoms with Gasteiger partial charge in [0.1, 0.15) is 0 Å². The molecule has 3 N–H and O–H groups in total. The normalized spacial score (nSPS) is 16.8. The molecule has 2 heterocycles. The molecule has 1 amide bonds. The summed E-state index contributed by atoms with van der Waals surface area (Å²) >= 11 is 5.94. The molecule has 20 heavy (non-hydrogen) atoms. The number of aromatic nitrogens is 3. The van der Waals surface area contributed by atoms with Crippen LogP contribution in [0.2, 0.25) is 5.28 Å². The largest absolute Gasteiger partial charge is 0.370 e. The van der Waals surface area contributed by atoms with Gasteiger partial charge in [-0.1, -0.05) is 0 Å². The van der Waals surface area contributed by atoms with Gasteiger partial charge in [-0.2, -0.15) is 15.0 Å². The summed E-state index contributed by atoms with van der Waals surface area (Å²) in [6.07, 6.45) is 3.70. The van der Waals surface area contributed by atoms with E-state index in [4.69, 9.17) is 17.3 Å². The lowest BCUT2D eigenvalue weighted by Crippen LogP contribution is -2.32. The van der Waals surface area contributed by atoms with Crippen LogP contribution in [0.1, 0.15) is 32.6 Å². The number of carbonyl (C=O) groups is 1. The van der Waals surface area contributed by atoms with Crippen molar-refractivity contribution in [3.8, 4) is 0 Å². The van der Waals surface area contributed by atoms with Gasteiger partial charge in [-0.25, -0.2) is 0 Å². The molecule has 1 aromatic heterocycles. The lowest BCUT2D eigenvalue weighted by Gasteiger charge is -2.26. The Morgan fingerprint density at radius 3 is 2.70 bits per heavy atom. The molecular formula is C12H19ClN6O. The standard InChI is InChI=1S/C12H19ClN6O/c1-8(7-9(14)20)15-11-16-10(13)17-12(18-11)19-5-3-2-4-6-19/h8H,2-7H2,1H3,(H2,14,20)(H,15,16,17,18). The van der Waals surface area contributed by atoms with Crippen molar-refractivity contribution in [3.05, 3.63) is 5.28 Å². The van der Waals surface area contributed by atoms with Gasteiger partial charge in [0, 0.05) is 25.6 Å². The Labute approximate surface area is 122 Å². The van der Waals surface area contributed by atoms with Crippen LogP contribution in [-0.2, 0) is 4.79 Å². The first-order chi connectivity index (χ1) is 9.54. The summed E-state index contributed by atoms with van der Waals surface area (Å²) < 4.78 is 0. The average Bonchev–Trinajstić information content (AvgIpc) is 2.38. The third-order valence-electron chi connectivity index (χ3n) is 3.12. The summed E-state index contributed by atoms with van der Waals surface area (Å²) in [5, 5.41) is 3.17. The summed E-state index contributed by atoms with van der Waals surface area (Å²) in [4.78, 5) is 25.5. The first-order valence-electron chi connectivity index (χ1n) is 6.76. The SMILES string of the molecule is CC(CC(N)=O)Nc1nc(Cl)nc(N2CCCCC2)n1. The molecule has 1 atom stereocenters. The van der Waals surface area contributed by atoms with E-state index >= 15 is 0 Å². The van der Waals surface area contributed by atoms with Crippen molar-refractivity contribution < 1.29 is 4.79 Å². The van der Waals surface area contributed by atoms with Gasteiger partial charge in [0.25, 0.3) is 0 Å². The number of amides is 1. The highest BCUT2D eigenvalue weighted by molar-refractivity contribution is 6.28. The number of hydrogen-bond acceptors (Lipinski definition) is 6. The zero-order valence-corrected chi connectivity index (χ0v) is 12.2. The minimum atomic E-state index is -0.374.